The van der Waals surface area contributed by atoms with Gasteiger partial charge in [0.05, 0.1) is 11.1 Å². The highest BCUT2D eigenvalue weighted by Gasteiger charge is 2.53. The van der Waals surface area contributed by atoms with Crippen molar-refractivity contribution in [2.24, 2.45) is 0 Å². The van der Waals surface area contributed by atoms with Crippen molar-refractivity contribution < 1.29 is 0 Å². The summed E-state index contributed by atoms with van der Waals surface area (Å²) in [6.07, 6.45) is 0. The van der Waals surface area contributed by atoms with E-state index in [4.69, 9.17) is 0 Å². The average molecular weight is 784 g/mol. The monoisotopic (exact) mass is 783 g/mol. The Labute approximate surface area is 356 Å². The average Bonchev–Trinajstić information content (AvgIpc) is 3.73. The van der Waals surface area contributed by atoms with Crippen LogP contribution >= 0.6 is 11.8 Å². The maximum Gasteiger partial charge on any atom is 0.0756 e. The SMILES string of the molecule is CC1(C)c2ccccc2-c2ccc(N(c3ccc(-c4ccccc4)cc3)c3ccc(-c4ccccc4)c4c3C3(c5ccccc5Sc5ccccc53)c3ccccc3-4)cc21. The zero-order chi connectivity index (χ0) is 40.0. The lowest BCUT2D eigenvalue weighted by Gasteiger charge is -2.42. The number of anilines is 3. The van der Waals surface area contributed by atoms with Gasteiger partial charge in [0.2, 0.25) is 0 Å². The maximum absolute atomic E-state index is 2.56. The van der Waals surface area contributed by atoms with E-state index >= 15 is 0 Å². The molecule has 1 aliphatic heterocycles. The molecule has 9 aromatic rings. The van der Waals surface area contributed by atoms with Gasteiger partial charge in [0.15, 0.2) is 0 Å². The second-order valence-electron chi connectivity index (χ2n) is 16.8. The molecule has 2 aliphatic carbocycles. The molecule has 0 radical (unpaired) electrons. The second kappa shape index (κ2) is 13.3. The molecule has 1 nitrogen and oxygen atoms in total. The number of fused-ring (bicyclic) bond motifs is 12. The molecule has 0 saturated carbocycles. The molecule has 0 atom stereocenters. The lowest BCUT2D eigenvalue weighted by atomic mass is 9.66. The standard InChI is InChI=1S/C58H41NS/c1-57(2)47-23-11-9-21-44(47)45-34-33-42(37-51(45)57)59(41-31-29-39(30-32-41)38-17-5-3-6-18-38)52-36-35-43(40-19-7-4-8-20-40)55-46-22-10-12-24-48(46)58(56(52)55)49-25-13-15-27-53(49)60-54-28-16-14-26-50(54)58/h3-37H,1-2H3. The predicted molar refractivity (Wildman–Crippen MR) is 251 cm³/mol. The zero-order valence-electron chi connectivity index (χ0n) is 33.6. The van der Waals surface area contributed by atoms with Gasteiger partial charge >= 0.3 is 0 Å². The normalized spacial score (nSPS) is 14.4. The Balaban J connectivity index is 1.21. The Bertz CT molecular complexity index is 3100. The third-order valence-corrected chi connectivity index (χ3v) is 14.5. The van der Waals surface area contributed by atoms with Crippen LogP contribution in [0.4, 0.5) is 17.1 Å². The van der Waals surface area contributed by atoms with Crippen molar-refractivity contribution in [2.75, 3.05) is 4.90 Å². The number of nitrogens with zero attached hydrogens (tertiary/aromatic N) is 1. The summed E-state index contributed by atoms with van der Waals surface area (Å²) in [4.78, 5) is 5.15. The first-order valence-electron chi connectivity index (χ1n) is 20.9. The van der Waals surface area contributed by atoms with Gasteiger partial charge in [-0.2, -0.15) is 0 Å². The van der Waals surface area contributed by atoms with Crippen LogP contribution in [0, 0.1) is 0 Å². The van der Waals surface area contributed by atoms with Gasteiger partial charge in [-0.1, -0.05) is 195 Å². The molecule has 0 unspecified atom stereocenters. The molecule has 2 heteroatoms. The van der Waals surface area contributed by atoms with E-state index < -0.39 is 5.41 Å². The fraction of sp³-hybridized carbons (Fsp3) is 0.0690. The quantitative estimate of drug-likeness (QED) is 0.171. The van der Waals surface area contributed by atoms with Gasteiger partial charge in [-0.3, -0.25) is 0 Å². The van der Waals surface area contributed by atoms with E-state index in [-0.39, 0.29) is 5.41 Å². The van der Waals surface area contributed by atoms with E-state index in [1.807, 2.05) is 11.8 Å². The first kappa shape index (κ1) is 35.1. The molecular weight excluding hydrogens is 743 g/mol. The van der Waals surface area contributed by atoms with Gasteiger partial charge < -0.3 is 4.90 Å². The van der Waals surface area contributed by atoms with Crippen molar-refractivity contribution in [3.05, 3.63) is 246 Å². The zero-order valence-corrected chi connectivity index (χ0v) is 34.4. The smallest absolute Gasteiger partial charge is 0.0756 e. The van der Waals surface area contributed by atoms with Crippen molar-refractivity contribution in [1.82, 2.24) is 0 Å². The minimum Gasteiger partial charge on any atom is -0.310 e. The van der Waals surface area contributed by atoms with Crippen molar-refractivity contribution >= 4 is 28.8 Å². The molecule has 0 saturated heterocycles. The largest absolute Gasteiger partial charge is 0.310 e. The molecule has 9 aromatic carbocycles. The maximum atomic E-state index is 2.56. The summed E-state index contributed by atoms with van der Waals surface area (Å²) >= 11 is 1.89. The van der Waals surface area contributed by atoms with Gasteiger partial charge in [0.1, 0.15) is 0 Å². The first-order chi connectivity index (χ1) is 29.5. The lowest BCUT2D eigenvalue weighted by molar-refractivity contribution is 0.660. The van der Waals surface area contributed by atoms with Crippen molar-refractivity contribution in [3.8, 4) is 44.5 Å². The molecule has 0 fully saturated rings. The summed E-state index contributed by atoms with van der Waals surface area (Å²) in [5, 5.41) is 0. The highest BCUT2D eigenvalue weighted by Crippen LogP contribution is 2.66. The second-order valence-corrected chi connectivity index (χ2v) is 17.9. The molecule has 12 rings (SSSR count). The highest BCUT2D eigenvalue weighted by molar-refractivity contribution is 7.99. The third kappa shape index (κ3) is 4.95. The summed E-state index contributed by atoms with van der Waals surface area (Å²) in [6, 6.07) is 79.3. The van der Waals surface area contributed by atoms with Crippen LogP contribution in [0.15, 0.2) is 222 Å². The summed E-state index contributed by atoms with van der Waals surface area (Å²) in [5.41, 5.74) is 20.9. The van der Waals surface area contributed by atoms with Gasteiger partial charge in [0, 0.05) is 32.1 Å². The van der Waals surface area contributed by atoms with Crippen molar-refractivity contribution in [3.63, 3.8) is 0 Å². The molecule has 0 amide bonds. The summed E-state index contributed by atoms with van der Waals surface area (Å²) in [6.45, 7) is 4.76. The Morgan fingerprint density at radius 2 is 0.867 bits per heavy atom. The van der Waals surface area contributed by atoms with E-state index in [0.717, 1.165) is 11.4 Å². The Hall–Kier alpha value is -6.87. The van der Waals surface area contributed by atoms with E-state index in [2.05, 4.69) is 231 Å². The molecule has 1 spiro atoms. The van der Waals surface area contributed by atoms with Gasteiger partial charge in [-0.25, -0.2) is 0 Å². The van der Waals surface area contributed by atoms with Crippen LogP contribution in [0.25, 0.3) is 44.5 Å². The van der Waals surface area contributed by atoms with Crippen molar-refractivity contribution in [2.45, 2.75) is 34.5 Å². The van der Waals surface area contributed by atoms with E-state index in [1.54, 1.807) is 0 Å². The van der Waals surface area contributed by atoms with Gasteiger partial charge in [0.25, 0.3) is 0 Å². The molecule has 60 heavy (non-hydrogen) atoms. The van der Waals surface area contributed by atoms with Crippen molar-refractivity contribution in [1.29, 1.82) is 0 Å². The molecule has 3 aliphatic rings. The summed E-state index contributed by atoms with van der Waals surface area (Å²) < 4.78 is 0. The van der Waals surface area contributed by atoms with Gasteiger partial charge in [-0.05, 0) is 115 Å². The fourth-order valence-electron chi connectivity index (χ4n) is 10.7. The number of hydrogen-bond donors (Lipinski definition) is 0. The van der Waals surface area contributed by atoms with E-state index in [1.165, 1.54) is 93.4 Å². The Morgan fingerprint density at radius 3 is 1.55 bits per heavy atom. The predicted octanol–water partition coefficient (Wildman–Crippen LogP) is 15.6. The number of rotatable bonds is 5. The fourth-order valence-corrected chi connectivity index (χ4v) is 11.9. The first-order valence-corrected chi connectivity index (χ1v) is 21.7. The Morgan fingerprint density at radius 1 is 0.367 bits per heavy atom. The van der Waals surface area contributed by atoms with Crippen LogP contribution in [0.2, 0.25) is 0 Å². The molecule has 0 bridgehead atoms. The van der Waals surface area contributed by atoms with Crippen LogP contribution in [-0.2, 0) is 10.8 Å². The minimum absolute atomic E-state index is 0.153. The lowest BCUT2D eigenvalue weighted by Crippen LogP contribution is -2.33. The summed E-state index contributed by atoms with van der Waals surface area (Å²) in [7, 11) is 0. The number of hydrogen-bond acceptors (Lipinski definition) is 2. The van der Waals surface area contributed by atoms with Crippen LogP contribution < -0.4 is 4.90 Å². The van der Waals surface area contributed by atoms with Crippen LogP contribution in [0.5, 0.6) is 0 Å². The topological polar surface area (TPSA) is 3.24 Å². The van der Waals surface area contributed by atoms with Crippen LogP contribution in [0.1, 0.15) is 47.2 Å². The summed E-state index contributed by atoms with van der Waals surface area (Å²) in [5.74, 6) is 0. The van der Waals surface area contributed by atoms with Crippen LogP contribution in [0.3, 0.4) is 0 Å². The number of benzene rings is 9. The minimum atomic E-state index is -0.584. The van der Waals surface area contributed by atoms with E-state index in [0.29, 0.717) is 0 Å². The Kier molecular flexibility index (Phi) is 7.80. The molecule has 0 N–H and O–H groups in total. The highest BCUT2D eigenvalue weighted by atomic mass is 32.2. The third-order valence-electron chi connectivity index (χ3n) is 13.3. The molecule has 284 valence electrons. The van der Waals surface area contributed by atoms with E-state index in [9.17, 15) is 0 Å². The molecule has 1 heterocycles. The van der Waals surface area contributed by atoms with Gasteiger partial charge in [-0.15, -0.1) is 0 Å². The molecular formula is C58H41NS. The van der Waals surface area contributed by atoms with Crippen LogP contribution in [-0.4, -0.2) is 0 Å². The molecule has 0 aromatic heterocycles.